The van der Waals surface area contributed by atoms with Gasteiger partial charge in [-0.05, 0) is 31.6 Å². The van der Waals surface area contributed by atoms with E-state index in [0.717, 1.165) is 19.3 Å². The summed E-state index contributed by atoms with van der Waals surface area (Å²) in [6, 6.07) is 4.50. The topological polar surface area (TPSA) is 47.6 Å². The smallest absolute Gasteiger partial charge is 0.0658 e. The quantitative estimate of drug-likeness (QED) is 0.599. The molecule has 0 radical (unpaired) electrons. The second-order valence-electron chi connectivity index (χ2n) is 3.48. The van der Waals surface area contributed by atoms with Crippen molar-refractivity contribution in [3.8, 4) is 12.1 Å². The standard InChI is InChI=1S/C10H14N2/c11-7-2-1-4-9-5-3-6-10(9)8-12/h9-10H,1-6H2. The van der Waals surface area contributed by atoms with Crippen LogP contribution in [0.2, 0.25) is 0 Å². The number of hydrogen-bond donors (Lipinski definition) is 0. The molecule has 12 heavy (non-hydrogen) atoms. The third-order valence-corrected chi connectivity index (χ3v) is 2.69. The van der Waals surface area contributed by atoms with Crippen LogP contribution in [0.1, 0.15) is 38.5 Å². The summed E-state index contributed by atoms with van der Waals surface area (Å²) >= 11 is 0. The monoisotopic (exact) mass is 162 g/mol. The van der Waals surface area contributed by atoms with Gasteiger partial charge in [-0.1, -0.05) is 6.42 Å². The average Bonchev–Trinajstić information content (AvgIpc) is 2.52. The van der Waals surface area contributed by atoms with Gasteiger partial charge in [-0.3, -0.25) is 0 Å². The van der Waals surface area contributed by atoms with Gasteiger partial charge >= 0.3 is 0 Å². The lowest BCUT2D eigenvalue weighted by molar-refractivity contribution is 0.423. The molecule has 0 aromatic carbocycles. The van der Waals surface area contributed by atoms with Crippen molar-refractivity contribution in [3.63, 3.8) is 0 Å². The fraction of sp³-hybridized carbons (Fsp3) is 0.800. The largest absolute Gasteiger partial charge is 0.198 e. The van der Waals surface area contributed by atoms with Gasteiger partial charge in [0.25, 0.3) is 0 Å². The Hall–Kier alpha value is -1.02. The van der Waals surface area contributed by atoms with Crippen LogP contribution in [-0.2, 0) is 0 Å². The molecular formula is C10H14N2. The molecule has 0 aliphatic heterocycles. The van der Waals surface area contributed by atoms with Gasteiger partial charge in [0.15, 0.2) is 0 Å². The number of rotatable bonds is 3. The lowest BCUT2D eigenvalue weighted by atomic mass is 9.92. The van der Waals surface area contributed by atoms with Gasteiger partial charge in [0.2, 0.25) is 0 Å². The number of unbranched alkanes of at least 4 members (excludes halogenated alkanes) is 1. The Labute approximate surface area is 73.8 Å². The molecule has 1 aliphatic rings. The Morgan fingerprint density at radius 3 is 2.75 bits per heavy atom. The van der Waals surface area contributed by atoms with Crippen LogP contribution in [0.3, 0.4) is 0 Å². The molecule has 0 N–H and O–H groups in total. The van der Waals surface area contributed by atoms with E-state index >= 15 is 0 Å². The molecule has 0 aromatic heterocycles. The number of hydrogen-bond acceptors (Lipinski definition) is 2. The maximum absolute atomic E-state index is 8.78. The van der Waals surface area contributed by atoms with Gasteiger partial charge in [-0.2, -0.15) is 10.5 Å². The zero-order valence-corrected chi connectivity index (χ0v) is 7.29. The van der Waals surface area contributed by atoms with Gasteiger partial charge in [0.1, 0.15) is 0 Å². The van der Waals surface area contributed by atoms with E-state index < -0.39 is 0 Å². The minimum absolute atomic E-state index is 0.281. The zero-order valence-electron chi connectivity index (χ0n) is 7.29. The third-order valence-electron chi connectivity index (χ3n) is 2.69. The highest BCUT2D eigenvalue weighted by Gasteiger charge is 2.26. The van der Waals surface area contributed by atoms with Crippen LogP contribution < -0.4 is 0 Å². The van der Waals surface area contributed by atoms with Crippen molar-refractivity contribution >= 4 is 0 Å². The van der Waals surface area contributed by atoms with E-state index in [1.54, 1.807) is 0 Å². The molecule has 0 amide bonds. The van der Waals surface area contributed by atoms with Crippen molar-refractivity contribution in [2.75, 3.05) is 0 Å². The molecule has 2 unspecified atom stereocenters. The van der Waals surface area contributed by atoms with Crippen molar-refractivity contribution in [1.82, 2.24) is 0 Å². The molecule has 1 aliphatic carbocycles. The molecule has 0 saturated heterocycles. The van der Waals surface area contributed by atoms with E-state index in [-0.39, 0.29) is 5.92 Å². The van der Waals surface area contributed by atoms with Crippen LogP contribution in [0.5, 0.6) is 0 Å². The fourth-order valence-corrected chi connectivity index (χ4v) is 2.00. The van der Waals surface area contributed by atoms with Gasteiger partial charge < -0.3 is 0 Å². The summed E-state index contributed by atoms with van der Waals surface area (Å²) in [5.74, 6) is 0.868. The zero-order chi connectivity index (χ0) is 8.81. The molecular weight excluding hydrogens is 148 g/mol. The van der Waals surface area contributed by atoms with Crippen LogP contribution >= 0.6 is 0 Å². The summed E-state index contributed by atoms with van der Waals surface area (Å²) in [5.41, 5.74) is 0. The van der Waals surface area contributed by atoms with Gasteiger partial charge in [-0.15, -0.1) is 0 Å². The molecule has 0 heterocycles. The summed E-state index contributed by atoms with van der Waals surface area (Å²) in [6.07, 6.45) is 6.17. The van der Waals surface area contributed by atoms with Crippen molar-refractivity contribution < 1.29 is 0 Å². The number of nitrogens with zero attached hydrogens (tertiary/aromatic N) is 2. The normalized spacial score (nSPS) is 27.8. The second kappa shape index (κ2) is 4.78. The Balaban J connectivity index is 2.23. The highest BCUT2D eigenvalue weighted by molar-refractivity contribution is 4.92. The molecule has 2 atom stereocenters. The molecule has 2 heteroatoms. The average molecular weight is 162 g/mol. The summed E-state index contributed by atoms with van der Waals surface area (Å²) in [5, 5.41) is 17.1. The van der Waals surface area contributed by atoms with Crippen LogP contribution in [0.15, 0.2) is 0 Å². The van der Waals surface area contributed by atoms with E-state index in [1.165, 1.54) is 12.8 Å². The minimum atomic E-state index is 0.281. The first-order chi connectivity index (χ1) is 5.88. The van der Waals surface area contributed by atoms with E-state index in [9.17, 15) is 0 Å². The molecule has 0 spiro atoms. The van der Waals surface area contributed by atoms with Crippen LogP contribution in [-0.4, -0.2) is 0 Å². The van der Waals surface area contributed by atoms with Crippen LogP contribution in [0.25, 0.3) is 0 Å². The summed E-state index contributed by atoms with van der Waals surface area (Å²) < 4.78 is 0. The highest BCUT2D eigenvalue weighted by atomic mass is 14.4. The molecule has 64 valence electrons. The number of nitriles is 2. The molecule has 0 aromatic rings. The Kier molecular flexibility index (Phi) is 3.61. The van der Waals surface area contributed by atoms with E-state index in [2.05, 4.69) is 12.1 Å². The predicted octanol–water partition coefficient (Wildman–Crippen LogP) is 2.62. The highest BCUT2D eigenvalue weighted by Crippen LogP contribution is 2.34. The van der Waals surface area contributed by atoms with Crippen molar-refractivity contribution in [2.24, 2.45) is 11.8 Å². The fourth-order valence-electron chi connectivity index (χ4n) is 2.00. The van der Waals surface area contributed by atoms with Gasteiger partial charge in [-0.25, -0.2) is 0 Å². The van der Waals surface area contributed by atoms with Crippen molar-refractivity contribution in [1.29, 1.82) is 10.5 Å². The SMILES string of the molecule is N#CCCCC1CCCC1C#N. The van der Waals surface area contributed by atoms with Crippen LogP contribution in [0.4, 0.5) is 0 Å². The van der Waals surface area contributed by atoms with E-state index in [4.69, 9.17) is 10.5 Å². The Morgan fingerprint density at radius 1 is 1.25 bits per heavy atom. The predicted molar refractivity (Wildman–Crippen MR) is 45.9 cm³/mol. The van der Waals surface area contributed by atoms with Crippen LogP contribution in [0, 0.1) is 34.5 Å². The maximum Gasteiger partial charge on any atom is 0.0658 e. The Bertz CT molecular complexity index is 209. The summed E-state index contributed by atoms with van der Waals surface area (Å²) in [4.78, 5) is 0. The second-order valence-corrected chi connectivity index (χ2v) is 3.48. The van der Waals surface area contributed by atoms with Crippen molar-refractivity contribution in [3.05, 3.63) is 0 Å². The maximum atomic E-state index is 8.78. The summed E-state index contributed by atoms with van der Waals surface area (Å²) in [7, 11) is 0. The van der Waals surface area contributed by atoms with Gasteiger partial charge in [0, 0.05) is 12.3 Å². The Morgan fingerprint density at radius 2 is 2.08 bits per heavy atom. The molecule has 1 saturated carbocycles. The lowest BCUT2D eigenvalue weighted by Crippen LogP contribution is -2.04. The molecule has 0 bridgehead atoms. The first-order valence-corrected chi connectivity index (χ1v) is 4.65. The van der Waals surface area contributed by atoms with E-state index in [0.29, 0.717) is 12.3 Å². The van der Waals surface area contributed by atoms with Gasteiger partial charge in [0.05, 0.1) is 12.1 Å². The summed E-state index contributed by atoms with van der Waals surface area (Å²) in [6.45, 7) is 0. The lowest BCUT2D eigenvalue weighted by Gasteiger charge is -2.10. The minimum Gasteiger partial charge on any atom is -0.198 e. The first kappa shape index (κ1) is 9.07. The van der Waals surface area contributed by atoms with Crippen molar-refractivity contribution in [2.45, 2.75) is 38.5 Å². The molecule has 1 fully saturated rings. The first-order valence-electron chi connectivity index (χ1n) is 4.65. The molecule has 1 rings (SSSR count). The third kappa shape index (κ3) is 2.24. The molecule has 2 nitrogen and oxygen atoms in total. The van der Waals surface area contributed by atoms with E-state index in [1.807, 2.05) is 0 Å².